The number of urea groups is 1. The van der Waals surface area contributed by atoms with Crippen LogP contribution in [0.4, 0.5) is 10.5 Å². The Kier molecular flexibility index (Phi) is 10.6. The van der Waals surface area contributed by atoms with E-state index in [1.165, 1.54) is 9.78 Å². The number of carbonyl (C=O) groups excluding carboxylic acids is 2. The monoisotopic (exact) mass is 576 g/mol. The van der Waals surface area contributed by atoms with Gasteiger partial charge in [-0.3, -0.25) is 4.79 Å². The minimum absolute atomic E-state index is 0.0851. The maximum atomic E-state index is 13.8. The van der Waals surface area contributed by atoms with Crippen molar-refractivity contribution in [1.82, 2.24) is 9.80 Å². The highest BCUT2D eigenvalue weighted by molar-refractivity contribution is 7.11. The van der Waals surface area contributed by atoms with Crippen LogP contribution in [-0.2, 0) is 22.5 Å². The van der Waals surface area contributed by atoms with Gasteiger partial charge in [-0.25, -0.2) is 4.79 Å². The second-order valence-electron chi connectivity index (χ2n) is 9.90. The summed E-state index contributed by atoms with van der Waals surface area (Å²) in [7, 11) is 3.20. The Balaban J connectivity index is 1.50. The van der Waals surface area contributed by atoms with Crippen LogP contribution in [0, 0.1) is 18.3 Å². The van der Waals surface area contributed by atoms with Crippen LogP contribution in [0.3, 0.4) is 0 Å². The molecular formula is C31H36N4O5S. The van der Waals surface area contributed by atoms with Crippen molar-refractivity contribution < 1.29 is 23.8 Å². The quantitative estimate of drug-likeness (QED) is 0.317. The van der Waals surface area contributed by atoms with Gasteiger partial charge in [0.1, 0.15) is 6.54 Å². The molecule has 1 aliphatic heterocycles. The predicted molar refractivity (Wildman–Crippen MR) is 158 cm³/mol. The van der Waals surface area contributed by atoms with E-state index in [1.54, 1.807) is 54.7 Å². The lowest BCUT2D eigenvalue weighted by Gasteiger charge is -2.29. The van der Waals surface area contributed by atoms with E-state index in [2.05, 4.69) is 11.4 Å². The van der Waals surface area contributed by atoms with Crippen molar-refractivity contribution in [2.45, 2.75) is 38.8 Å². The van der Waals surface area contributed by atoms with Gasteiger partial charge in [-0.05, 0) is 80.3 Å². The first kappa shape index (κ1) is 29.9. The Morgan fingerprint density at radius 1 is 1.07 bits per heavy atom. The molecule has 0 unspecified atom stereocenters. The highest BCUT2D eigenvalue weighted by Crippen LogP contribution is 2.28. The zero-order valence-corrected chi connectivity index (χ0v) is 24.5. The fourth-order valence-corrected chi connectivity index (χ4v) is 5.60. The first-order chi connectivity index (χ1) is 19.9. The van der Waals surface area contributed by atoms with Gasteiger partial charge in [0, 0.05) is 35.1 Å². The zero-order valence-electron chi connectivity index (χ0n) is 23.7. The minimum atomic E-state index is -0.384. The molecule has 1 saturated heterocycles. The van der Waals surface area contributed by atoms with Crippen molar-refractivity contribution >= 4 is 29.0 Å². The van der Waals surface area contributed by atoms with Crippen molar-refractivity contribution in [3.8, 4) is 17.6 Å². The highest BCUT2D eigenvalue weighted by atomic mass is 32.1. The number of carbonyl (C=O) groups is 2. The molecule has 0 saturated carbocycles. The summed E-state index contributed by atoms with van der Waals surface area (Å²) in [5.41, 5.74) is 2.07. The normalized spacial score (nSPS) is 14.2. The lowest BCUT2D eigenvalue weighted by Crippen LogP contribution is -2.47. The number of rotatable bonds is 12. The summed E-state index contributed by atoms with van der Waals surface area (Å²) in [5, 5.41) is 11.9. The van der Waals surface area contributed by atoms with Crippen LogP contribution in [0.1, 0.15) is 33.7 Å². The summed E-state index contributed by atoms with van der Waals surface area (Å²) in [4.78, 5) is 32.8. The Hall–Kier alpha value is -4.07. The largest absolute Gasteiger partial charge is 0.493 e. The number of ether oxygens (including phenoxy) is 3. The number of hydrogen-bond donors (Lipinski definition) is 1. The van der Waals surface area contributed by atoms with Crippen molar-refractivity contribution in [3.63, 3.8) is 0 Å². The third kappa shape index (κ3) is 8.46. The number of benzene rings is 2. The maximum Gasteiger partial charge on any atom is 0.322 e. The molecule has 216 valence electrons. The summed E-state index contributed by atoms with van der Waals surface area (Å²) < 4.78 is 16.6. The fraction of sp³-hybridized carbons (Fsp3) is 0.387. The molecule has 9 nitrogen and oxygen atoms in total. The molecule has 4 rings (SSSR count). The number of aryl methyl sites for hydroxylation is 1. The van der Waals surface area contributed by atoms with E-state index < -0.39 is 0 Å². The summed E-state index contributed by atoms with van der Waals surface area (Å²) in [6.45, 7) is 3.85. The molecule has 0 bridgehead atoms. The van der Waals surface area contributed by atoms with E-state index in [-0.39, 0.29) is 24.6 Å². The number of thiophene rings is 1. The number of nitriles is 1. The van der Waals surface area contributed by atoms with E-state index in [0.717, 1.165) is 23.3 Å². The zero-order chi connectivity index (χ0) is 29.2. The number of nitrogens with one attached hydrogen (secondary N) is 1. The van der Waals surface area contributed by atoms with Gasteiger partial charge in [-0.15, -0.1) is 11.3 Å². The van der Waals surface area contributed by atoms with E-state index in [4.69, 9.17) is 19.5 Å². The molecule has 3 amide bonds. The number of methoxy groups -OCH3 is 2. The van der Waals surface area contributed by atoms with E-state index in [1.807, 2.05) is 37.3 Å². The predicted octanol–water partition coefficient (Wildman–Crippen LogP) is 5.23. The van der Waals surface area contributed by atoms with Gasteiger partial charge in [-0.1, -0.05) is 6.07 Å². The van der Waals surface area contributed by atoms with Gasteiger partial charge in [0.25, 0.3) is 0 Å². The van der Waals surface area contributed by atoms with Crippen LogP contribution >= 0.6 is 11.3 Å². The Morgan fingerprint density at radius 3 is 2.49 bits per heavy atom. The van der Waals surface area contributed by atoms with Crippen molar-refractivity contribution in [1.29, 1.82) is 5.26 Å². The summed E-state index contributed by atoms with van der Waals surface area (Å²) in [6, 6.07) is 18.2. The van der Waals surface area contributed by atoms with Crippen LogP contribution in [0.25, 0.3) is 0 Å². The van der Waals surface area contributed by atoms with Gasteiger partial charge in [0.2, 0.25) is 5.91 Å². The molecular weight excluding hydrogens is 540 g/mol. The number of amides is 3. The molecule has 1 aliphatic rings. The average molecular weight is 577 g/mol. The van der Waals surface area contributed by atoms with Crippen molar-refractivity contribution in [3.05, 3.63) is 75.5 Å². The molecule has 0 radical (unpaired) electrons. The molecule has 2 aromatic carbocycles. The standard InChI is InChI=1S/C31H36N4O5S/c1-22-6-12-27(41-22)20-34(15-14-23-9-13-28(38-2)29(17-23)39-3)30(36)21-35(19-26-5-4-16-40-26)31(37)33-25-10-7-24(18-32)8-11-25/h6-13,17,26H,4-5,14-16,19-21H2,1-3H3,(H,33,37)/t26-/m1/s1. The first-order valence-electron chi connectivity index (χ1n) is 13.6. The molecule has 0 spiro atoms. The third-order valence-electron chi connectivity index (χ3n) is 6.94. The lowest BCUT2D eigenvalue weighted by atomic mass is 10.1. The van der Waals surface area contributed by atoms with E-state index >= 15 is 0 Å². The second-order valence-corrected chi connectivity index (χ2v) is 11.3. The summed E-state index contributed by atoms with van der Waals surface area (Å²) in [5.74, 6) is 1.14. The third-order valence-corrected chi connectivity index (χ3v) is 7.93. The van der Waals surface area contributed by atoms with Crippen LogP contribution in [0.15, 0.2) is 54.6 Å². The maximum absolute atomic E-state index is 13.8. The second kappa shape index (κ2) is 14.5. The van der Waals surface area contributed by atoms with Crippen LogP contribution in [0.2, 0.25) is 0 Å². The van der Waals surface area contributed by atoms with E-state index in [9.17, 15) is 9.59 Å². The molecule has 10 heteroatoms. The summed E-state index contributed by atoms with van der Waals surface area (Å²) in [6.07, 6.45) is 2.26. The van der Waals surface area contributed by atoms with Gasteiger partial charge in [0.05, 0.1) is 38.5 Å². The molecule has 0 aliphatic carbocycles. The molecule has 2 heterocycles. The molecule has 1 fully saturated rings. The summed E-state index contributed by atoms with van der Waals surface area (Å²) >= 11 is 1.66. The minimum Gasteiger partial charge on any atom is -0.493 e. The Morgan fingerprint density at radius 2 is 1.85 bits per heavy atom. The molecule has 41 heavy (non-hydrogen) atoms. The fourth-order valence-electron chi connectivity index (χ4n) is 4.70. The Labute approximate surface area is 245 Å². The van der Waals surface area contributed by atoms with Gasteiger partial charge < -0.3 is 29.3 Å². The smallest absolute Gasteiger partial charge is 0.322 e. The van der Waals surface area contributed by atoms with Gasteiger partial charge in [-0.2, -0.15) is 5.26 Å². The Bertz CT molecular complexity index is 1360. The molecule has 1 aromatic heterocycles. The van der Waals surface area contributed by atoms with Gasteiger partial charge in [0.15, 0.2) is 11.5 Å². The molecule has 1 N–H and O–H groups in total. The number of hydrogen-bond acceptors (Lipinski definition) is 7. The van der Waals surface area contributed by atoms with E-state index in [0.29, 0.717) is 55.4 Å². The van der Waals surface area contributed by atoms with Crippen molar-refractivity contribution in [2.24, 2.45) is 0 Å². The first-order valence-corrected chi connectivity index (χ1v) is 14.4. The average Bonchev–Trinajstić information content (AvgIpc) is 3.66. The van der Waals surface area contributed by atoms with Crippen LogP contribution in [0.5, 0.6) is 11.5 Å². The van der Waals surface area contributed by atoms with Crippen molar-refractivity contribution in [2.75, 3.05) is 45.8 Å². The lowest BCUT2D eigenvalue weighted by molar-refractivity contribution is -0.132. The molecule has 3 aromatic rings. The number of anilines is 1. The number of nitrogens with zero attached hydrogens (tertiary/aromatic N) is 3. The highest BCUT2D eigenvalue weighted by Gasteiger charge is 2.27. The van der Waals surface area contributed by atoms with Crippen LogP contribution in [-0.4, -0.2) is 68.3 Å². The van der Waals surface area contributed by atoms with Crippen LogP contribution < -0.4 is 14.8 Å². The SMILES string of the molecule is COc1ccc(CCN(Cc2ccc(C)s2)C(=O)CN(C[C@H]2CCCO2)C(=O)Nc2ccc(C#N)cc2)cc1OC. The molecule has 1 atom stereocenters. The topological polar surface area (TPSA) is 104 Å². The van der Waals surface area contributed by atoms with Gasteiger partial charge >= 0.3 is 6.03 Å².